The minimum absolute atomic E-state index is 0.357. The van der Waals surface area contributed by atoms with Crippen LogP contribution in [0.2, 0.25) is 0 Å². The second-order valence-corrected chi connectivity index (χ2v) is 3.97. The molecule has 0 amide bonds. The second-order valence-electron chi connectivity index (χ2n) is 3.97. The van der Waals surface area contributed by atoms with Crippen molar-refractivity contribution in [2.75, 3.05) is 20.1 Å². The van der Waals surface area contributed by atoms with Gasteiger partial charge in [-0.1, -0.05) is 12.1 Å². The molecule has 0 bridgehead atoms. The topological polar surface area (TPSA) is 23.5 Å². The molecule has 1 rings (SSSR count). The fraction of sp³-hybridized carbons (Fsp3) is 0.455. The quantitative estimate of drug-likeness (QED) is 0.849. The minimum Gasteiger partial charge on any atom is -0.387 e. The smallest absolute Gasteiger partial charge is 0.387 e. The summed E-state index contributed by atoms with van der Waals surface area (Å²) in [5, 5.41) is 9.58. The van der Waals surface area contributed by atoms with Gasteiger partial charge >= 0.3 is 6.18 Å². The first kappa shape index (κ1) is 14.8. The first-order chi connectivity index (χ1) is 8.20. The van der Waals surface area contributed by atoms with E-state index in [1.807, 2.05) is 0 Å². The van der Waals surface area contributed by atoms with Crippen molar-refractivity contribution < 1.29 is 27.1 Å². The Bertz CT molecular complexity index is 407. The third kappa shape index (κ3) is 4.23. The fourth-order valence-electron chi connectivity index (χ4n) is 1.54. The largest absolute Gasteiger partial charge is 0.401 e. The van der Waals surface area contributed by atoms with Crippen molar-refractivity contribution in [1.82, 2.24) is 4.90 Å². The Morgan fingerprint density at radius 3 is 2.44 bits per heavy atom. The highest BCUT2D eigenvalue weighted by Gasteiger charge is 2.30. The first-order valence-corrected chi connectivity index (χ1v) is 5.08. The molecule has 0 aliphatic rings. The van der Waals surface area contributed by atoms with E-state index in [0.717, 1.165) is 24.1 Å². The second kappa shape index (κ2) is 5.62. The van der Waals surface area contributed by atoms with Crippen molar-refractivity contribution in [1.29, 1.82) is 0 Å². The Labute approximate surface area is 101 Å². The van der Waals surface area contributed by atoms with E-state index in [9.17, 15) is 27.1 Å². The summed E-state index contributed by atoms with van der Waals surface area (Å²) in [4.78, 5) is 0.787. The molecule has 1 aromatic rings. The lowest BCUT2D eigenvalue weighted by Gasteiger charge is -2.22. The summed E-state index contributed by atoms with van der Waals surface area (Å²) in [6.07, 6.45) is -5.93. The Hall–Kier alpha value is -1.21. The summed E-state index contributed by atoms with van der Waals surface area (Å²) < 4.78 is 62.3. The van der Waals surface area contributed by atoms with E-state index in [1.54, 1.807) is 0 Å². The van der Waals surface area contributed by atoms with Gasteiger partial charge in [-0.2, -0.15) is 13.2 Å². The molecule has 0 aliphatic carbocycles. The molecule has 0 saturated heterocycles. The molecule has 0 spiro atoms. The molecule has 0 fully saturated rings. The molecule has 1 aromatic carbocycles. The molecule has 0 aliphatic heterocycles. The maximum atomic E-state index is 13.3. The van der Waals surface area contributed by atoms with Gasteiger partial charge in [-0.15, -0.1) is 0 Å². The number of likely N-dealkylation sites (N-methyl/N-ethyl adjacent to an activating group) is 1. The predicted molar refractivity (Wildman–Crippen MR) is 54.9 cm³/mol. The van der Waals surface area contributed by atoms with Crippen LogP contribution in [0.4, 0.5) is 22.0 Å². The number of benzene rings is 1. The van der Waals surface area contributed by atoms with Crippen molar-refractivity contribution in [3.63, 3.8) is 0 Å². The third-order valence-electron chi connectivity index (χ3n) is 2.27. The summed E-state index contributed by atoms with van der Waals surface area (Å²) in [7, 11) is 1.13. The van der Waals surface area contributed by atoms with Gasteiger partial charge in [0.05, 0.1) is 12.6 Å². The van der Waals surface area contributed by atoms with Crippen LogP contribution in [0.15, 0.2) is 18.2 Å². The van der Waals surface area contributed by atoms with Gasteiger partial charge in [-0.25, -0.2) is 8.78 Å². The van der Waals surface area contributed by atoms with Crippen LogP contribution in [0.1, 0.15) is 11.7 Å². The molecule has 0 aromatic heterocycles. The van der Waals surface area contributed by atoms with Crippen molar-refractivity contribution in [3.8, 4) is 0 Å². The lowest BCUT2D eigenvalue weighted by molar-refractivity contribution is -0.145. The molecular formula is C11H12F5NO. The number of rotatable bonds is 4. The van der Waals surface area contributed by atoms with Gasteiger partial charge in [0.25, 0.3) is 0 Å². The number of halogens is 5. The summed E-state index contributed by atoms with van der Waals surface area (Å²) in [5.41, 5.74) is -0.357. The van der Waals surface area contributed by atoms with Crippen LogP contribution in [0.3, 0.4) is 0 Å². The van der Waals surface area contributed by atoms with Crippen molar-refractivity contribution in [2.45, 2.75) is 12.3 Å². The monoisotopic (exact) mass is 269 g/mol. The highest BCUT2D eigenvalue weighted by molar-refractivity contribution is 5.21. The zero-order valence-electron chi connectivity index (χ0n) is 9.51. The standard InChI is InChI=1S/C11H12F5NO/c1-17(6-11(14,15)16)5-9(18)7-3-2-4-8(12)10(7)13/h2-4,9,18H,5-6H2,1H3. The predicted octanol–water partition coefficient (Wildman–Crippen LogP) is 2.49. The summed E-state index contributed by atoms with van der Waals surface area (Å²) >= 11 is 0. The van der Waals surface area contributed by atoms with Crippen molar-refractivity contribution in [2.24, 2.45) is 0 Å². The molecule has 0 radical (unpaired) electrons. The van der Waals surface area contributed by atoms with Crippen LogP contribution in [0.5, 0.6) is 0 Å². The lowest BCUT2D eigenvalue weighted by Crippen LogP contribution is -2.34. The molecule has 102 valence electrons. The SMILES string of the molecule is CN(CC(O)c1cccc(F)c1F)CC(F)(F)F. The third-order valence-corrected chi connectivity index (χ3v) is 2.27. The molecule has 7 heteroatoms. The summed E-state index contributed by atoms with van der Waals surface area (Å²) in [6.45, 7) is -1.68. The van der Waals surface area contributed by atoms with Crippen LogP contribution >= 0.6 is 0 Å². The summed E-state index contributed by atoms with van der Waals surface area (Å²) in [5.74, 6) is -2.39. The van der Waals surface area contributed by atoms with E-state index in [0.29, 0.717) is 0 Å². The van der Waals surface area contributed by atoms with E-state index >= 15 is 0 Å². The van der Waals surface area contributed by atoms with Gasteiger partial charge in [-0.05, 0) is 13.1 Å². The van der Waals surface area contributed by atoms with Gasteiger partial charge in [0, 0.05) is 12.1 Å². The van der Waals surface area contributed by atoms with E-state index < -0.39 is 37.0 Å². The molecule has 2 nitrogen and oxygen atoms in total. The van der Waals surface area contributed by atoms with Crippen LogP contribution < -0.4 is 0 Å². The Kier molecular flexibility index (Phi) is 4.64. The van der Waals surface area contributed by atoms with Gasteiger partial charge in [-0.3, -0.25) is 4.90 Å². The van der Waals surface area contributed by atoms with E-state index in [1.165, 1.54) is 6.07 Å². The van der Waals surface area contributed by atoms with Crippen molar-refractivity contribution >= 4 is 0 Å². The highest BCUT2D eigenvalue weighted by Crippen LogP contribution is 2.21. The molecular weight excluding hydrogens is 257 g/mol. The molecule has 0 heterocycles. The number of nitrogens with zero attached hydrogens (tertiary/aromatic N) is 1. The Morgan fingerprint density at radius 2 is 1.89 bits per heavy atom. The van der Waals surface area contributed by atoms with E-state index in [2.05, 4.69) is 0 Å². The van der Waals surface area contributed by atoms with E-state index in [-0.39, 0.29) is 5.56 Å². The zero-order valence-corrected chi connectivity index (χ0v) is 9.51. The van der Waals surface area contributed by atoms with Gasteiger partial charge in [0.2, 0.25) is 0 Å². The highest BCUT2D eigenvalue weighted by atomic mass is 19.4. The minimum atomic E-state index is -4.41. The van der Waals surface area contributed by atoms with Crippen LogP contribution in [0.25, 0.3) is 0 Å². The number of aliphatic hydroxyl groups is 1. The fourth-order valence-corrected chi connectivity index (χ4v) is 1.54. The Balaban J connectivity index is 2.71. The van der Waals surface area contributed by atoms with Crippen molar-refractivity contribution in [3.05, 3.63) is 35.4 Å². The maximum Gasteiger partial charge on any atom is 0.401 e. The number of alkyl halides is 3. The first-order valence-electron chi connectivity index (χ1n) is 5.08. The summed E-state index contributed by atoms with van der Waals surface area (Å²) in [6, 6.07) is 3.18. The Morgan fingerprint density at radius 1 is 1.28 bits per heavy atom. The van der Waals surface area contributed by atoms with Gasteiger partial charge < -0.3 is 5.11 Å². The number of hydrogen-bond acceptors (Lipinski definition) is 2. The molecule has 1 N–H and O–H groups in total. The average Bonchev–Trinajstić information content (AvgIpc) is 2.18. The van der Waals surface area contributed by atoms with E-state index in [4.69, 9.17) is 0 Å². The maximum absolute atomic E-state index is 13.3. The molecule has 0 saturated carbocycles. The molecule has 1 unspecified atom stereocenters. The number of aliphatic hydroxyl groups excluding tert-OH is 1. The van der Waals surface area contributed by atoms with Crippen LogP contribution in [-0.4, -0.2) is 36.3 Å². The van der Waals surface area contributed by atoms with Crippen LogP contribution in [0, 0.1) is 11.6 Å². The molecule has 18 heavy (non-hydrogen) atoms. The normalized spacial score (nSPS) is 14.0. The van der Waals surface area contributed by atoms with Gasteiger partial charge in [0.15, 0.2) is 11.6 Å². The zero-order chi connectivity index (χ0) is 13.9. The molecule has 1 atom stereocenters. The number of hydrogen-bond donors (Lipinski definition) is 1. The lowest BCUT2D eigenvalue weighted by atomic mass is 10.1. The van der Waals surface area contributed by atoms with Crippen LogP contribution in [-0.2, 0) is 0 Å². The average molecular weight is 269 g/mol. The van der Waals surface area contributed by atoms with Gasteiger partial charge in [0.1, 0.15) is 0 Å².